The molecule has 1 aliphatic heterocycles. The van der Waals surface area contributed by atoms with E-state index in [0.717, 1.165) is 10.4 Å². The van der Waals surface area contributed by atoms with Crippen LogP contribution in [0.25, 0.3) is 0 Å². The molecule has 3 atom stereocenters. The lowest BCUT2D eigenvalue weighted by Gasteiger charge is -2.45. The summed E-state index contributed by atoms with van der Waals surface area (Å²) >= 11 is 0. The van der Waals surface area contributed by atoms with Crippen molar-refractivity contribution < 1.29 is 23.5 Å². The van der Waals surface area contributed by atoms with Crippen molar-refractivity contribution in [2.75, 3.05) is 6.61 Å². The molecule has 0 spiro atoms. The van der Waals surface area contributed by atoms with E-state index in [1.165, 1.54) is 10.4 Å². The Bertz CT molecular complexity index is 1470. The van der Waals surface area contributed by atoms with Gasteiger partial charge in [-0.05, 0) is 37.2 Å². The molecule has 0 amide bonds. The van der Waals surface area contributed by atoms with Gasteiger partial charge in [0.05, 0.1) is 18.6 Å². The van der Waals surface area contributed by atoms with E-state index < -0.39 is 34.9 Å². The first-order chi connectivity index (χ1) is 21.9. The molecular formula is C39H48O5Si2. The van der Waals surface area contributed by atoms with E-state index in [1.807, 2.05) is 48.5 Å². The zero-order chi connectivity index (χ0) is 33.0. The summed E-state index contributed by atoms with van der Waals surface area (Å²) in [4.78, 5) is 12.9. The minimum atomic E-state index is -2.97. The van der Waals surface area contributed by atoms with E-state index in [-0.39, 0.29) is 22.5 Å². The number of benzene rings is 4. The molecule has 5 nitrogen and oxygen atoms in total. The van der Waals surface area contributed by atoms with Gasteiger partial charge in [-0.1, -0.05) is 163 Å². The van der Waals surface area contributed by atoms with Gasteiger partial charge in [0.2, 0.25) is 0 Å². The van der Waals surface area contributed by atoms with Crippen LogP contribution in [0.3, 0.4) is 0 Å². The SMILES string of the molecule is CC(C)(C)[Si](OCC[C@@H](O)[C@H]1OC(=O)C[C@@H]1O[Si](c1ccccc1)(c1ccccc1)C(C)(C)C)(c1ccccc1)c1ccccc1. The van der Waals surface area contributed by atoms with Crippen LogP contribution in [0.15, 0.2) is 121 Å². The summed E-state index contributed by atoms with van der Waals surface area (Å²) in [6.07, 6.45) is -1.93. The van der Waals surface area contributed by atoms with Crippen LogP contribution in [0.1, 0.15) is 54.4 Å². The molecule has 0 unspecified atom stereocenters. The summed E-state index contributed by atoms with van der Waals surface area (Å²) in [7, 11) is -5.75. The number of aliphatic hydroxyl groups excluding tert-OH is 1. The van der Waals surface area contributed by atoms with E-state index >= 15 is 0 Å². The van der Waals surface area contributed by atoms with E-state index in [1.54, 1.807) is 0 Å². The second kappa shape index (κ2) is 13.8. The molecule has 1 N–H and O–H groups in total. The predicted molar refractivity (Wildman–Crippen MR) is 191 cm³/mol. The molecule has 1 aliphatic rings. The fourth-order valence-electron chi connectivity index (χ4n) is 7.17. The molecule has 7 heteroatoms. The molecule has 4 aromatic rings. The Morgan fingerprint density at radius 2 is 1.04 bits per heavy atom. The minimum Gasteiger partial charge on any atom is -0.457 e. The van der Waals surface area contributed by atoms with Gasteiger partial charge in [-0.2, -0.15) is 0 Å². The molecule has 0 saturated carbocycles. The molecule has 0 aromatic heterocycles. The molecular weight excluding hydrogens is 605 g/mol. The Hall–Kier alpha value is -3.34. The zero-order valence-corrected chi connectivity index (χ0v) is 30.0. The highest BCUT2D eigenvalue weighted by molar-refractivity contribution is 7.00. The summed E-state index contributed by atoms with van der Waals surface area (Å²) in [5.41, 5.74) is 0. The number of carbonyl (C=O) groups excluding carboxylic acids is 1. The van der Waals surface area contributed by atoms with E-state index in [2.05, 4.69) is 114 Å². The molecule has 242 valence electrons. The van der Waals surface area contributed by atoms with Crippen molar-refractivity contribution in [3.05, 3.63) is 121 Å². The Morgan fingerprint density at radius 3 is 1.41 bits per heavy atom. The van der Waals surface area contributed by atoms with Crippen molar-refractivity contribution in [1.82, 2.24) is 0 Å². The fourth-order valence-corrected chi connectivity index (χ4v) is 16.4. The molecule has 0 aliphatic carbocycles. The van der Waals surface area contributed by atoms with Gasteiger partial charge in [-0.25, -0.2) is 0 Å². The lowest BCUT2D eigenvalue weighted by molar-refractivity contribution is -0.146. The molecule has 4 aromatic carbocycles. The molecule has 0 bridgehead atoms. The van der Waals surface area contributed by atoms with Gasteiger partial charge >= 0.3 is 5.97 Å². The number of aliphatic hydroxyl groups is 1. The van der Waals surface area contributed by atoms with Crippen molar-refractivity contribution in [2.45, 2.75) is 82.8 Å². The summed E-state index contributed by atoms with van der Waals surface area (Å²) in [6, 6.07) is 41.7. The number of carbonyl (C=O) groups is 1. The number of cyclic esters (lactones) is 1. The van der Waals surface area contributed by atoms with E-state index in [4.69, 9.17) is 13.6 Å². The van der Waals surface area contributed by atoms with Gasteiger partial charge < -0.3 is 18.7 Å². The van der Waals surface area contributed by atoms with Crippen molar-refractivity contribution in [3.8, 4) is 0 Å². The summed E-state index contributed by atoms with van der Waals surface area (Å²) in [5.74, 6) is -0.347. The van der Waals surface area contributed by atoms with Crippen molar-refractivity contribution in [1.29, 1.82) is 0 Å². The number of esters is 1. The van der Waals surface area contributed by atoms with Crippen molar-refractivity contribution in [2.24, 2.45) is 0 Å². The van der Waals surface area contributed by atoms with Gasteiger partial charge in [-0.3, -0.25) is 4.79 Å². The van der Waals surface area contributed by atoms with Crippen LogP contribution in [-0.2, 0) is 18.4 Å². The number of ether oxygens (including phenoxy) is 1. The van der Waals surface area contributed by atoms with Crippen LogP contribution in [-0.4, -0.2) is 52.6 Å². The average Bonchev–Trinajstić information content (AvgIpc) is 3.42. The van der Waals surface area contributed by atoms with Gasteiger partial charge in [0.15, 0.2) is 6.10 Å². The number of hydrogen-bond donors (Lipinski definition) is 1. The lowest BCUT2D eigenvalue weighted by atomic mass is 10.1. The van der Waals surface area contributed by atoms with Crippen molar-refractivity contribution in [3.63, 3.8) is 0 Å². The summed E-state index contributed by atoms with van der Waals surface area (Å²) in [6.45, 7) is 13.7. The monoisotopic (exact) mass is 652 g/mol. The van der Waals surface area contributed by atoms with Crippen molar-refractivity contribution >= 4 is 43.4 Å². The maximum Gasteiger partial charge on any atom is 0.308 e. The predicted octanol–water partition coefficient (Wildman–Crippen LogP) is 5.57. The normalized spacial score (nSPS) is 18.3. The standard InChI is InChI=1S/C39H48O5Si2/c1-38(2,3)45(30-19-11-7-12-20-30,31-21-13-8-14-22-31)42-28-27-34(40)37-35(29-36(41)43-37)44-46(39(4,5)6,32-23-15-9-16-24-32)33-25-17-10-18-26-33/h7-26,34-35,37,40H,27-29H2,1-6H3/t34-,35+,37-/m1/s1. The van der Waals surface area contributed by atoms with Crippen LogP contribution < -0.4 is 20.7 Å². The van der Waals surface area contributed by atoms with Gasteiger partial charge in [0.25, 0.3) is 16.6 Å². The fraction of sp³-hybridized carbons (Fsp3) is 0.359. The first-order valence-corrected chi connectivity index (χ1v) is 20.1. The third-order valence-electron chi connectivity index (χ3n) is 9.28. The highest BCUT2D eigenvalue weighted by Crippen LogP contribution is 2.40. The maximum atomic E-state index is 12.9. The number of rotatable bonds is 11. The second-order valence-corrected chi connectivity index (χ2v) is 22.9. The largest absolute Gasteiger partial charge is 0.457 e. The highest BCUT2D eigenvalue weighted by Gasteiger charge is 2.55. The Balaban J connectivity index is 1.44. The third-order valence-corrected chi connectivity index (χ3v) is 19.4. The second-order valence-electron chi connectivity index (χ2n) is 14.3. The Morgan fingerprint density at radius 1 is 0.674 bits per heavy atom. The van der Waals surface area contributed by atoms with E-state index in [9.17, 15) is 9.90 Å². The lowest BCUT2D eigenvalue weighted by Crippen LogP contribution is -2.68. The Labute approximate surface area is 276 Å². The van der Waals surface area contributed by atoms with Gasteiger partial charge in [-0.15, -0.1) is 0 Å². The summed E-state index contributed by atoms with van der Waals surface area (Å²) < 4.78 is 20.2. The smallest absolute Gasteiger partial charge is 0.308 e. The van der Waals surface area contributed by atoms with Crippen LogP contribution in [0, 0.1) is 0 Å². The number of hydrogen-bond acceptors (Lipinski definition) is 5. The molecule has 0 radical (unpaired) electrons. The average molecular weight is 653 g/mol. The quantitative estimate of drug-likeness (QED) is 0.170. The highest BCUT2D eigenvalue weighted by atomic mass is 28.4. The first kappa shape index (κ1) is 34.0. The van der Waals surface area contributed by atoms with Gasteiger partial charge in [0, 0.05) is 6.61 Å². The third kappa shape index (κ3) is 6.57. The van der Waals surface area contributed by atoms with Crippen LogP contribution in [0.5, 0.6) is 0 Å². The summed E-state index contributed by atoms with van der Waals surface area (Å²) in [5, 5.41) is 15.9. The zero-order valence-electron chi connectivity index (χ0n) is 28.0. The van der Waals surface area contributed by atoms with Gasteiger partial charge in [0.1, 0.15) is 0 Å². The Kier molecular flexibility index (Phi) is 10.2. The molecule has 1 fully saturated rings. The topological polar surface area (TPSA) is 65.0 Å². The molecule has 46 heavy (non-hydrogen) atoms. The molecule has 1 saturated heterocycles. The van der Waals surface area contributed by atoms with Crippen LogP contribution >= 0.6 is 0 Å². The van der Waals surface area contributed by atoms with E-state index in [0.29, 0.717) is 13.0 Å². The molecule has 5 rings (SSSR count). The first-order valence-electron chi connectivity index (χ1n) is 16.3. The van der Waals surface area contributed by atoms with Crippen LogP contribution in [0.2, 0.25) is 10.1 Å². The maximum absolute atomic E-state index is 12.9. The molecule has 1 heterocycles. The minimum absolute atomic E-state index is 0.0990. The van der Waals surface area contributed by atoms with Crippen LogP contribution in [0.4, 0.5) is 0 Å².